The van der Waals surface area contributed by atoms with Gasteiger partial charge in [0.15, 0.2) is 0 Å². The second-order valence-electron chi connectivity index (χ2n) is 3.26. The van der Waals surface area contributed by atoms with Gasteiger partial charge in [-0.3, -0.25) is 0 Å². The first kappa shape index (κ1) is 6.30. The maximum Gasteiger partial charge on any atom is 0.121 e. The third-order valence-electron chi connectivity index (χ3n) is 2.55. The molecule has 2 atom stereocenters. The van der Waals surface area contributed by atoms with Crippen molar-refractivity contribution in [2.24, 2.45) is 11.8 Å². The summed E-state index contributed by atoms with van der Waals surface area (Å²) in [5.74, 6) is 1.53. The van der Waals surface area contributed by atoms with Gasteiger partial charge in [0.05, 0.1) is 0 Å². The quantitative estimate of drug-likeness (QED) is 0.484. The van der Waals surface area contributed by atoms with Crippen molar-refractivity contribution < 1.29 is 0 Å². The summed E-state index contributed by atoms with van der Waals surface area (Å²) in [4.78, 5) is 0. The van der Waals surface area contributed by atoms with Gasteiger partial charge in [-0.2, -0.15) is 0 Å². The second-order valence-corrected chi connectivity index (χ2v) is 4.80. The van der Waals surface area contributed by atoms with E-state index < -0.39 is 0 Å². The first-order valence-corrected chi connectivity index (χ1v) is 4.33. The minimum Gasteiger partial charge on any atom is -0.101 e. The molecule has 0 bridgehead atoms. The monoisotopic (exact) mass is 164 g/mol. The van der Waals surface area contributed by atoms with Crippen LogP contribution < -0.4 is 0 Å². The first-order chi connectivity index (χ1) is 4.20. The summed E-state index contributed by atoms with van der Waals surface area (Å²) < 4.78 is -0.344. The van der Waals surface area contributed by atoms with E-state index in [1.807, 2.05) is 0 Å². The van der Waals surface area contributed by atoms with Crippen molar-refractivity contribution in [2.75, 3.05) is 0 Å². The smallest absolute Gasteiger partial charge is 0.101 e. The summed E-state index contributed by atoms with van der Waals surface area (Å²) in [6, 6.07) is 0. The van der Waals surface area contributed by atoms with E-state index in [1.54, 1.807) is 0 Å². The summed E-state index contributed by atoms with van der Waals surface area (Å²) in [6.45, 7) is 0. The van der Waals surface area contributed by atoms with Crippen LogP contribution in [0.4, 0.5) is 0 Å². The summed E-state index contributed by atoms with van der Waals surface area (Å²) >= 11 is 12.1. The molecule has 2 aliphatic rings. The molecule has 0 amide bonds. The van der Waals surface area contributed by atoms with Gasteiger partial charge in [-0.15, -0.1) is 23.2 Å². The highest BCUT2D eigenvalue weighted by Gasteiger charge is 2.52. The van der Waals surface area contributed by atoms with E-state index in [0.717, 1.165) is 12.3 Å². The minimum atomic E-state index is -0.344. The molecule has 52 valence electrons. The molecule has 9 heavy (non-hydrogen) atoms. The Morgan fingerprint density at radius 2 is 2.11 bits per heavy atom. The van der Waals surface area contributed by atoms with Crippen molar-refractivity contribution in [3.05, 3.63) is 0 Å². The van der Waals surface area contributed by atoms with Crippen LogP contribution in [-0.4, -0.2) is 4.33 Å². The lowest BCUT2D eigenvalue weighted by atomic mass is 10.00. The Kier molecular flexibility index (Phi) is 1.26. The van der Waals surface area contributed by atoms with Gasteiger partial charge in [0, 0.05) is 0 Å². The van der Waals surface area contributed by atoms with Crippen LogP contribution in [0.5, 0.6) is 0 Å². The SMILES string of the molecule is ClC1(Cl)CCC[C@H]2C[C@H]21. The predicted molar refractivity (Wildman–Crippen MR) is 39.9 cm³/mol. The average molecular weight is 165 g/mol. The molecule has 2 fully saturated rings. The number of alkyl halides is 2. The van der Waals surface area contributed by atoms with E-state index in [0.29, 0.717) is 5.92 Å². The lowest BCUT2D eigenvalue weighted by Crippen LogP contribution is -2.20. The van der Waals surface area contributed by atoms with Gasteiger partial charge >= 0.3 is 0 Å². The van der Waals surface area contributed by atoms with Gasteiger partial charge in [0.25, 0.3) is 0 Å². The van der Waals surface area contributed by atoms with Crippen molar-refractivity contribution >= 4 is 23.2 Å². The maximum absolute atomic E-state index is 6.03. The molecular weight excluding hydrogens is 155 g/mol. The zero-order chi connectivity index (χ0) is 6.48. The van der Waals surface area contributed by atoms with E-state index in [2.05, 4.69) is 0 Å². The largest absolute Gasteiger partial charge is 0.121 e. The van der Waals surface area contributed by atoms with Crippen molar-refractivity contribution in [1.82, 2.24) is 0 Å². The van der Waals surface area contributed by atoms with Gasteiger partial charge in [0.1, 0.15) is 4.33 Å². The Bertz CT molecular complexity index is 131. The molecule has 2 aliphatic carbocycles. The van der Waals surface area contributed by atoms with Gasteiger partial charge in [-0.1, -0.05) is 6.42 Å². The highest BCUT2D eigenvalue weighted by atomic mass is 35.5. The number of halogens is 2. The molecule has 2 rings (SSSR count). The zero-order valence-corrected chi connectivity index (χ0v) is 6.75. The van der Waals surface area contributed by atoms with Crippen LogP contribution in [0.25, 0.3) is 0 Å². The van der Waals surface area contributed by atoms with Crippen LogP contribution in [0.1, 0.15) is 25.7 Å². The third-order valence-corrected chi connectivity index (χ3v) is 3.49. The first-order valence-electron chi connectivity index (χ1n) is 3.58. The molecule has 0 aromatic rings. The second kappa shape index (κ2) is 1.79. The number of hydrogen-bond donors (Lipinski definition) is 0. The van der Waals surface area contributed by atoms with E-state index >= 15 is 0 Å². The Morgan fingerprint density at radius 1 is 1.33 bits per heavy atom. The maximum atomic E-state index is 6.03. The summed E-state index contributed by atoms with van der Waals surface area (Å²) in [7, 11) is 0. The van der Waals surface area contributed by atoms with E-state index in [4.69, 9.17) is 23.2 Å². The van der Waals surface area contributed by atoms with Crippen molar-refractivity contribution in [2.45, 2.75) is 30.0 Å². The summed E-state index contributed by atoms with van der Waals surface area (Å²) in [6.07, 6.45) is 4.89. The molecule has 0 aromatic heterocycles. The zero-order valence-electron chi connectivity index (χ0n) is 5.24. The van der Waals surface area contributed by atoms with Crippen LogP contribution in [0, 0.1) is 11.8 Å². The Labute approximate surface area is 65.5 Å². The number of hydrogen-bond acceptors (Lipinski definition) is 0. The molecule has 0 nitrogen and oxygen atoms in total. The van der Waals surface area contributed by atoms with Crippen LogP contribution in [0.15, 0.2) is 0 Å². The summed E-state index contributed by atoms with van der Waals surface area (Å²) in [5, 5.41) is 0. The lowest BCUT2D eigenvalue weighted by Gasteiger charge is -2.23. The standard InChI is InChI=1S/C7H10Cl2/c8-7(9)3-1-2-5-4-6(5)7/h5-6H,1-4H2/t5-,6+/m0/s1. The molecule has 0 heterocycles. The molecule has 0 saturated heterocycles. The average Bonchev–Trinajstić information content (AvgIpc) is 2.43. The fraction of sp³-hybridized carbons (Fsp3) is 1.00. The Morgan fingerprint density at radius 3 is 2.67 bits per heavy atom. The van der Waals surface area contributed by atoms with Gasteiger partial charge in [-0.25, -0.2) is 0 Å². The highest BCUT2D eigenvalue weighted by molar-refractivity contribution is 6.48. The Hall–Kier alpha value is 0.580. The van der Waals surface area contributed by atoms with E-state index in [-0.39, 0.29) is 4.33 Å². The van der Waals surface area contributed by atoms with Crippen LogP contribution in [-0.2, 0) is 0 Å². The number of fused-ring (bicyclic) bond motifs is 1. The third kappa shape index (κ3) is 0.969. The normalized spacial score (nSPS) is 46.0. The van der Waals surface area contributed by atoms with Crippen molar-refractivity contribution in [3.63, 3.8) is 0 Å². The summed E-state index contributed by atoms with van der Waals surface area (Å²) in [5.41, 5.74) is 0. The van der Waals surface area contributed by atoms with Gasteiger partial charge in [0.2, 0.25) is 0 Å². The van der Waals surface area contributed by atoms with Crippen molar-refractivity contribution in [3.8, 4) is 0 Å². The predicted octanol–water partition coefficient (Wildman–Crippen LogP) is 2.98. The lowest BCUT2D eigenvalue weighted by molar-refractivity contribution is 0.455. The molecule has 0 aliphatic heterocycles. The highest BCUT2D eigenvalue weighted by Crippen LogP contribution is 2.59. The molecule has 0 spiro atoms. The number of rotatable bonds is 0. The Balaban J connectivity index is 2.09. The van der Waals surface area contributed by atoms with Crippen LogP contribution in [0.2, 0.25) is 0 Å². The fourth-order valence-electron chi connectivity index (χ4n) is 1.87. The molecule has 2 saturated carbocycles. The van der Waals surface area contributed by atoms with E-state index in [9.17, 15) is 0 Å². The van der Waals surface area contributed by atoms with Gasteiger partial charge < -0.3 is 0 Å². The van der Waals surface area contributed by atoms with Crippen LogP contribution >= 0.6 is 23.2 Å². The fourth-order valence-corrected chi connectivity index (χ4v) is 2.67. The molecule has 0 radical (unpaired) electrons. The minimum absolute atomic E-state index is 0.344. The van der Waals surface area contributed by atoms with Gasteiger partial charge in [-0.05, 0) is 31.1 Å². The molecule has 2 heteroatoms. The topological polar surface area (TPSA) is 0 Å². The molecule has 0 aromatic carbocycles. The van der Waals surface area contributed by atoms with Crippen molar-refractivity contribution in [1.29, 1.82) is 0 Å². The van der Waals surface area contributed by atoms with Crippen LogP contribution in [0.3, 0.4) is 0 Å². The molecule has 0 unspecified atom stereocenters. The molecular formula is C7H10Cl2. The van der Waals surface area contributed by atoms with E-state index in [1.165, 1.54) is 19.3 Å². The molecule has 0 N–H and O–H groups in total.